The van der Waals surface area contributed by atoms with E-state index in [1.807, 2.05) is 65.4 Å². The van der Waals surface area contributed by atoms with Crippen LogP contribution in [-0.2, 0) is 6.54 Å². The molecule has 170 valence electrons. The number of carbonyl (C=O) groups is 1. The first kappa shape index (κ1) is 22.0. The number of nitriles is 1. The van der Waals surface area contributed by atoms with E-state index in [2.05, 4.69) is 16.4 Å². The lowest BCUT2D eigenvalue weighted by Gasteiger charge is -2.12. The van der Waals surface area contributed by atoms with Crippen molar-refractivity contribution in [1.29, 1.82) is 5.26 Å². The van der Waals surface area contributed by atoms with Crippen LogP contribution in [0.5, 0.6) is 0 Å². The van der Waals surface area contributed by atoms with E-state index in [0.29, 0.717) is 40.1 Å². The molecule has 0 saturated carbocycles. The lowest BCUT2D eigenvalue weighted by Crippen LogP contribution is -2.25. The minimum Gasteiger partial charge on any atom is -0.352 e. The summed E-state index contributed by atoms with van der Waals surface area (Å²) in [6.45, 7) is 1.35. The van der Waals surface area contributed by atoms with Gasteiger partial charge in [0.15, 0.2) is 0 Å². The van der Waals surface area contributed by atoms with Crippen LogP contribution in [0.2, 0.25) is 0 Å². The molecule has 0 unspecified atom stereocenters. The summed E-state index contributed by atoms with van der Waals surface area (Å²) < 4.78 is 1.98. The molecule has 1 amide bonds. The number of aryl methyl sites for hydroxylation is 1. The van der Waals surface area contributed by atoms with Gasteiger partial charge in [-0.15, -0.1) is 0 Å². The van der Waals surface area contributed by atoms with Gasteiger partial charge in [-0.1, -0.05) is 42.5 Å². The third-order valence-electron chi connectivity index (χ3n) is 5.68. The molecule has 7 nitrogen and oxygen atoms in total. The molecule has 0 aliphatic heterocycles. The number of benzene rings is 3. The maximum Gasteiger partial charge on any atom is 0.251 e. The molecule has 2 heterocycles. The van der Waals surface area contributed by atoms with Crippen LogP contribution >= 0.6 is 0 Å². The average molecular weight is 459 g/mol. The highest BCUT2D eigenvalue weighted by molar-refractivity contribution is 5.98. The SMILES string of the molecule is N#Cc1cccc(-c2nc3ccc(C(=O)NCCCn4ccnc4)cc3nc2-c2ccccc2)c1. The van der Waals surface area contributed by atoms with E-state index < -0.39 is 0 Å². The Morgan fingerprint density at radius 3 is 2.51 bits per heavy atom. The van der Waals surface area contributed by atoms with Crippen molar-refractivity contribution in [3.05, 3.63) is 103 Å². The van der Waals surface area contributed by atoms with E-state index in [4.69, 9.17) is 9.97 Å². The summed E-state index contributed by atoms with van der Waals surface area (Å²) in [5.41, 5.74) is 5.53. The summed E-state index contributed by atoms with van der Waals surface area (Å²) in [7, 11) is 0. The Morgan fingerprint density at radius 1 is 0.914 bits per heavy atom. The molecular weight excluding hydrogens is 436 g/mol. The molecule has 0 spiro atoms. The number of hydrogen-bond acceptors (Lipinski definition) is 5. The number of aromatic nitrogens is 4. The van der Waals surface area contributed by atoms with Crippen molar-refractivity contribution in [2.24, 2.45) is 0 Å². The van der Waals surface area contributed by atoms with E-state index >= 15 is 0 Å². The van der Waals surface area contributed by atoms with Gasteiger partial charge in [-0.2, -0.15) is 5.26 Å². The Balaban J connectivity index is 1.46. The Labute approximate surface area is 202 Å². The fourth-order valence-electron chi connectivity index (χ4n) is 3.91. The zero-order valence-electron chi connectivity index (χ0n) is 18.9. The Kier molecular flexibility index (Phi) is 6.27. The molecule has 0 fully saturated rings. The van der Waals surface area contributed by atoms with Crippen molar-refractivity contribution < 1.29 is 4.79 Å². The maximum atomic E-state index is 12.8. The lowest BCUT2D eigenvalue weighted by molar-refractivity contribution is 0.0953. The number of carbonyl (C=O) groups excluding carboxylic acids is 1. The van der Waals surface area contributed by atoms with Gasteiger partial charge in [0.2, 0.25) is 0 Å². The van der Waals surface area contributed by atoms with Crippen molar-refractivity contribution in [1.82, 2.24) is 24.8 Å². The maximum absolute atomic E-state index is 12.8. The first-order valence-electron chi connectivity index (χ1n) is 11.3. The molecular formula is C28H22N6O. The molecule has 1 N–H and O–H groups in total. The monoisotopic (exact) mass is 458 g/mol. The van der Waals surface area contributed by atoms with Gasteiger partial charge in [-0.05, 0) is 36.8 Å². The van der Waals surface area contributed by atoms with Crippen molar-refractivity contribution >= 4 is 16.9 Å². The molecule has 0 atom stereocenters. The normalized spacial score (nSPS) is 10.7. The standard InChI is InChI=1S/C28H22N6O/c29-18-20-6-4-9-22(16-20)27-26(21-7-2-1-3-8-21)33-25-17-23(10-11-24(25)32-27)28(35)31-12-5-14-34-15-13-30-19-34/h1-4,6-11,13,15-17,19H,5,12,14H2,(H,31,35). The molecule has 35 heavy (non-hydrogen) atoms. The molecule has 5 aromatic rings. The smallest absolute Gasteiger partial charge is 0.251 e. The second kappa shape index (κ2) is 9.98. The second-order valence-corrected chi connectivity index (χ2v) is 8.09. The van der Waals surface area contributed by atoms with Crippen LogP contribution in [0.25, 0.3) is 33.5 Å². The van der Waals surface area contributed by atoms with Gasteiger partial charge in [0.05, 0.1) is 40.4 Å². The van der Waals surface area contributed by atoms with Crippen LogP contribution in [-0.4, -0.2) is 32.0 Å². The van der Waals surface area contributed by atoms with Gasteiger partial charge in [0.1, 0.15) is 0 Å². The number of fused-ring (bicyclic) bond motifs is 1. The summed E-state index contributed by atoms with van der Waals surface area (Å²) in [5, 5.41) is 12.3. The fourth-order valence-corrected chi connectivity index (χ4v) is 3.91. The Morgan fingerprint density at radius 2 is 1.71 bits per heavy atom. The van der Waals surface area contributed by atoms with Crippen molar-refractivity contribution in [2.75, 3.05) is 6.54 Å². The van der Waals surface area contributed by atoms with Gasteiger partial charge in [0, 0.05) is 42.2 Å². The highest BCUT2D eigenvalue weighted by Crippen LogP contribution is 2.31. The average Bonchev–Trinajstić information content (AvgIpc) is 3.44. The highest BCUT2D eigenvalue weighted by Gasteiger charge is 2.15. The molecule has 0 bridgehead atoms. The first-order chi connectivity index (χ1) is 17.2. The number of amides is 1. The van der Waals surface area contributed by atoms with Crippen molar-refractivity contribution in [2.45, 2.75) is 13.0 Å². The predicted molar refractivity (Wildman–Crippen MR) is 134 cm³/mol. The molecule has 2 aromatic heterocycles. The van der Waals surface area contributed by atoms with E-state index in [-0.39, 0.29) is 5.91 Å². The van der Waals surface area contributed by atoms with Crippen molar-refractivity contribution in [3.8, 4) is 28.6 Å². The number of nitrogens with zero attached hydrogens (tertiary/aromatic N) is 5. The predicted octanol–water partition coefficient (Wildman–Crippen LogP) is 4.85. The largest absolute Gasteiger partial charge is 0.352 e. The fraction of sp³-hybridized carbons (Fsp3) is 0.107. The number of hydrogen-bond donors (Lipinski definition) is 1. The molecule has 5 rings (SSSR count). The summed E-state index contributed by atoms with van der Waals surface area (Å²) in [4.78, 5) is 26.6. The first-order valence-corrected chi connectivity index (χ1v) is 11.3. The zero-order valence-corrected chi connectivity index (χ0v) is 18.9. The van der Waals surface area contributed by atoms with Crippen LogP contribution in [0.15, 0.2) is 91.5 Å². The van der Waals surface area contributed by atoms with Crippen molar-refractivity contribution in [3.63, 3.8) is 0 Å². The van der Waals surface area contributed by atoms with Crippen LogP contribution in [0, 0.1) is 11.3 Å². The van der Waals surface area contributed by atoms with Crippen LogP contribution in [0.1, 0.15) is 22.3 Å². The number of imidazole rings is 1. The third kappa shape index (κ3) is 4.92. The molecule has 0 aliphatic rings. The van der Waals surface area contributed by atoms with E-state index in [1.54, 1.807) is 30.7 Å². The Hall–Kier alpha value is -4.83. The number of rotatable bonds is 7. The third-order valence-corrected chi connectivity index (χ3v) is 5.68. The molecule has 0 aliphatic carbocycles. The summed E-state index contributed by atoms with van der Waals surface area (Å²) in [6, 6.07) is 24.7. The lowest BCUT2D eigenvalue weighted by atomic mass is 10.0. The molecule has 0 saturated heterocycles. The quantitative estimate of drug-likeness (QED) is 0.352. The molecule has 7 heteroatoms. The van der Waals surface area contributed by atoms with Gasteiger partial charge in [-0.25, -0.2) is 15.0 Å². The van der Waals surface area contributed by atoms with E-state index in [0.717, 1.165) is 24.1 Å². The molecule has 3 aromatic carbocycles. The van der Waals surface area contributed by atoms with Gasteiger partial charge in [0.25, 0.3) is 5.91 Å². The summed E-state index contributed by atoms with van der Waals surface area (Å²) in [5.74, 6) is -0.147. The minimum absolute atomic E-state index is 0.147. The zero-order chi connectivity index (χ0) is 24.0. The van der Waals surface area contributed by atoms with Crippen LogP contribution in [0.3, 0.4) is 0 Å². The topological polar surface area (TPSA) is 96.5 Å². The van der Waals surface area contributed by atoms with Crippen LogP contribution in [0.4, 0.5) is 0 Å². The van der Waals surface area contributed by atoms with Gasteiger partial charge in [-0.3, -0.25) is 4.79 Å². The van der Waals surface area contributed by atoms with Gasteiger partial charge >= 0.3 is 0 Å². The highest BCUT2D eigenvalue weighted by atomic mass is 16.1. The summed E-state index contributed by atoms with van der Waals surface area (Å²) in [6.07, 6.45) is 6.21. The second-order valence-electron chi connectivity index (χ2n) is 8.09. The summed E-state index contributed by atoms with van der Waals surface area (Å²) >= 11 is 0. The van der Waals surface area contributed by atoms with E-state index in [9.17, 15) is 10.1 Å². The van der Waals surface area contributed by atoms with Crippen LogP contribution < -0.4 is 5.32 Å². The van der Waals surface area contributed by atoms with Gasteiger partial charge < -0.3 is 9.88 Å². The Bertz CT molecular complexity index is 1520. The minimum atomic E-state index is -0.147. The van der Waals surface area contributed by atoms with E-state index in [1.165, 1.54) is 0 Å². The molecule has 0 radical (unpaired) electrons. The number of nitrogens with one attached hydrogen (secondary N) is 1.